The number of nitrogens with one attached hydrogen (secondary N) is 2. The maximum atomic E-state index is 13.3. The minimum absolute atomic E-state index is 0.0673. The molecule has 198 valence electrons. The number of amides is 4. The Bertz CT molecular complexity index is 989. The number of carbonyl (C=O) groups is 3. The summed E-state index contributed by atoms with van der Waals surface area (Å²) in [5, 5.41) is 5.83. The summed E-state index contributed by atoms with van der Waals surface area (Å²) in [6.07, 6.45) is 0.879. The van der Waals surface area contributed by atoms with Crippen molar-refractivity contribution in [3.63, 3.8) is 0 Å². The van der Waals surface area contributed by atoms with Crippen LogP contribution in [0.4, 0.5) is 9.59 Å². The molecule has 3 rings (SSSR count). The molecule has 11 nitrogen and oxygen atoms in total. The lowest BCUT2D eigenvalue weighted by Gasteiger charge is -2.39. The van der Waals surface area contributed by atoms with Gasteiger partial charge in [0.25, 0.3) is 0 Å². The van der Waals surface area contributed by atoms with Gasteiger partial charge >= 0.3 is 18.0 Å². The smallest absolute Gasteiger partial charge is 0.338 e. The van der Waals surface area contributed by atoms with Crippen LogP contribution >= 0.6 is 0 Å². The first-order valence-corrected chi connectivity index (χ1v) is 12.3. The molecular formula is C25H37N5O6. The monoisotopic (exact) mass is 503 g/mol. The van der Waals surface area contributed by atoms with Crippen LogP contribution in [0.2, 0.25) is 0 Å². The van der Waals surface area contributed by atoms with Crippen molar-refractivity contribution in [1.82, 2.24) is 25.3 Å². The first kappa shape index (κ1) is 27.1. The van der Waals surface area contributed by atoms with Gasteiger partial charge in [-0.05, 0) is 19.4 Å². The molecule has 0 spiro atoms. The molecule has 0 radical (unpaired) electrons. The van der Waals surface area contributed by atoms with E-state index >= 15 is 0 Å². The third-order valence-corrected chi connectivity index (χ3v) is 6.38. The molecule has 1 atom stereocenters. The summed E-state index contributed by atoms with van der Waals surface area (Å²) in [6, 6.07) is 4.14. The summed E-state index contributed by atoms with van der Waals surface area (Å²) in [6.45, 7) is 7.28. The average molecular weight is 504 g/mol. The number of para-hydroxylation sites is 1. The van der Waals surface area contributed by atoms with Crippen LogP contribution in [-0.2, 0) is 9.53 Å². The van der Waals surface area contributed by atoms with E-state index in [2.05, 4.69) is 15.5 Å². The Hall–Kier alpha value is -3.47. The summed E-state index contributed by atoms with van der Waals surface area (Å²) < 4.78 is 16.5. The van der Waals surface area contributed by atoms with Gasteiger partial charge in [-0.1, -0.05) is 19.1 Å². The van der Waals surface area contributed by atoms with Crippen molar-refractivity contribution in [3.8, 4) is 11.5 Å². The molecule has 2 heterocycles. The molecule has 2 aliphatic heterocycles. The largest absolute Gasteiger partial charge is 0.493 e. The van der Waals surface area contributed by atoms with Gasteiger partial charge in [-0.3, -0.25) is 9.80 Å². The maximum Gasteiger partial charge on any atom is 0.338 e. The van der Waals surface area contributed by atoms with Crippen LogP contribution in [0.15, 0.2) is 29.5 Å². The Labute approximate surface area is 212 Å². The molecule has 2 aliphatic rings. The van der Waals surface area contributed by atoms with Crippen LogP contribution in [0.5, 0.6) is 11.5 Å². The molecule has 1 fully saturated rings. The molecule has 1 saturated heterocycles. The van der Waals surface area contributed by atoms with Gasteiger partial charge in [-0.25, -0.2) is 14.4 Å². The summed E-state index contributed by atoms with van der Waals surface area (Å²) in [4.78, 5) is 44.0. The van der Waals surface area contributed by atoms with Gasteiger partial charge in [0.15, 0.2) is 11.5 Å². The fourth-order valence-electron chi connectivity index (χ4n) is 4.44. The second kappa shape index (κ2) is 12.5. The SMILES string of the molecule is CCCNC(=O)N1CCN(CC2=C(C(=O)OCC)C(c3cccc(OC)c3OC)NC(=O)N2C)CC1. The average Bonchev–Trinajstić information content (AvgIpc) is 2.89. The van der Waals surface area contributed by atoms with Crippen molar-refractivity contribution in [2.24, 2.45) is 0 Å². The molecule has 1 unspecified atom stereocenters. The van der Waals surface area contributed by atoms with Crippen LogP contribution in [0.3, 0.4) is 0 Å². The predicted octanol–water partition coefficient (Wildman–Crippen LogP) is 1.95. The minimum atomic E-state index is -0.783. The number of urea groups is 2. The third-order valence-electron chi connectivity index (χ3n) is 6.38. The van der Waals surface area contributed by atoms with Crippen LogP contribution < -0.4 is 20.1 Å². The van der Waals surface area contributed by atoms with Gasteiger partial charge in [0.1, 0.15) is 0 Å². The molecule has 0 saturated carbocycles. The number of carbonyl (C=O) groups excluding carboxylic acids is 3. The van der Waals surface area contributed by atoms with E-state index in [0.717, 1.165) is 6.42 Å². The van der Waals surface area contributed by atoms with Crippen molar-refractivity contribution in [1.29, 1.82) is 0 Å². The van der Waals surface area contributed by atoms with E-state index in [1.165, 1.54) is 19.1 Å². The van der Waals surface area contributed by atoms with Gasteiger partial charge in [-0.2, -0.15) is 0 Å². The van der Waals surface area contributed by atoms with Gasteiger partial charge in [0.05, 0.1) is 32.4 Å². The normalized spacial score (nSPS) is 18.6. The Kier molecular flexibility index (Phi) is 9.40. The molecule has 0 bridgehead atoms. The van der Waals surface area contributed by atoms with E-state index in [1.54, 1.807) is 37.1 Å². The summed E-state index contributed by atoms with van der Waals surface area (Å²) >= 11 is 0. The molecule has 36 heavy (non-hydrogen) atoms. The lowest BCUT2D eigenvalue weighted by atomic mass is 9.93. The molecule has 0 aliphatic carbocycles. The Morgan fingerprint density at radius 2 is 1.83 bits per heavy atom. The molecule has 4 amide bonds. The number of nitrogens with zero attached hydrogens (tertiary/aromatic N) is 3. The van der Waals surface area contributed by atoms with Gasteiger partial charge in [0, 0.05) is 57.6 Å². The van der Waals surface area contributed by atoms with Crippen LogP contribution in [-0.4, -0.2) is 99.9 Å². The zero-order chi connectivity index (χ0) is 26.2. The molecule has 0 aromatic heterocycles. The zero-order valence-electron chi connectivity index (χ0n) is 21.8. The van der Waals surface area contributed by atoms with Crippen molar-refractivity contribution < 1.29 is 28.6 Å². The second-order valence-corrected chi connectivity index (χ2v) is 8.60. The topological polar surface area (TPSA) is 113 Å². The summed E-state index contributed by atoms with van der Waals surface area (Å²) in [5.74, 6) is 0.417. The van der Waals surface area contributed by atoms with Crippen molar-refractivity contribution in [2.45, 2.75) is 26.3 Å². The number of hydrogen-bond donors (Lipinski definition) is 2. The Morgan fingerprint density at radius 3 is 2.44 bits per heavy atom. The lowest BCUT2D eigenvalue weighted by molar-refractivity contribution is -0.139. The highest BCUT2D eigenvalue weighted by atomic mass is 16.5. The van der Waals surface area contributed by atoms with E-state index in [1.807, 2.05) is 6.92 Å². The van der Waals surface area contributed by atoms with Crippen LogP contribution in [0.1, 0.15) is 31.9 Å². The quantitative estimate of drug-likeness (QED) is 0.496. The molecule has 2 N–H and O–H groups in total. The van der Waals surface area contributed by atoms with Gasteiger partial charge in [0.2, 0.25) is 0 Å². The number of benzene rings is 1. The number of esters is 1. The Morgan fingerprint density at radius 1 is 1.11 bits per heavy atom. The van der Waals surface area contributed by atoms with E-state index in [-0.39, 0.29) is 18.7 Å². The predicted molar refractivity (Wildman–Crippen MR) is 134 cm³/mol. The van der Waals surface area contributed by atoms with Crippen molar-refractivity contribution in [2.75, 3.05) is 67.1 Å². The van der Waals surface area contributed by atoms with Crippen molar-refractivity contribution >= 4 is 18.0 Å². The maximum absolute atomic E-state index is 13.3. The van der Waals surface area contributed by atoms with Crippen LogP contribution in [0, 0.1) is 0 Å². The number of ether oxygens (including phenoxy) is 3. The lowest BCUT2D eigenvalue weighted by Crippen LogP contribution is -2.54. The van der Waals surface area contributed by atoms with Crippen molar-refractivity contribution in [3.05, 3.63) is 35.0 Å². The number of piperazine rings is 1. The van der Waals surface area contributed by atoms with E-state index in [4.69, 9.17) is 14.2 Å². The fourth-order valence-corrected chi connectivity index (χ4v) is 4.44. The van der Waals surface area contributed by atoms with Crippen LogP contribution in [0.25, 0.3) is 0 Å². The van der Waals surface area contributed by atoms with Gasteiger partial charge in [-0.15, -0.1) is 0 Å². The second-order valence-electron chi connectivity index (χ2n) is 8.60. The zero-order valence-corrected chi connectivity index (χ0v) is 21.8. The molecule has 11 heteroatoms. The molecular weight excluding hydrogens is 466 g/mol. The highest BCUT2D eigenvalue weighted by molar-refractivity contribution is 5.95. The van der Waals surface area contributed by atoms with E-state index in [9.17, 15) is 14.4 Å². The first-order valence-electron chi connectivity index (χ1n) is 12.3. The standard InChI is InChI=1S/C25H37N5O6/c1-6-11-26-24(32)30-14-12-29(13-15-30)16-18-20(23(31)36-7-2)21(27-25(33)28(18)3)17-9-8-10-19(34-4)22(17)35-5/h8-10,21H,6-7,11-16H2,1-5H3,(H,26,32)(H,27,33). The number of methoxy groups -OCH3 is 2. The third kappa shape index (κ3) is 5.84. The molecule has 1 aromatic rings. The highest BCUT2D eigenvalue weighted by Gasteiger charge is 2.39. The van der Waals surface area contributed by atoms with E-state index in [0.29, 0.717) is 67.6 Å². The van der Waals surface area contributed by atoms with Gasteiger partial charge < -0.3 is 29.7 Å². The van der Waals surface area contributed by atoms with E-state index < -0.39 is 12.0 Å². The summed E-state index contributed by atoms with van der Waals surface area (Å²) in [7, 11) is 4.69. The Balaban J connectivity index is 1.94. The summed E-state index contributed by atoms with van der Waals surface area (Å²) in [5.41, 5.74) is 1.49. The molecule has 1 aromatic carbocycles. The number of likely N-dealkylation sites (N-methyl/N-ethyl adjacent to an activating group) is 1. The minimum Gasteiger partial charge on any atom is -0.493 e. The highest BCUT2D eigenvalue weighted by Crippen LogP contribution is 2.40. The number of hydrogen-bond acceptors (Lipinski definition) is 7. The number of rotatable bonds is 9. The first-order chi connectivity index (χ1) is 17.4. The fraction of sp³-hybridized carbons (Fsp3) is 0.560.